The number of fused-ring (bicyclic) bond motifs is 7. The molecule has 10 rings (SSSR count). The summed E-state index contributed by atoms with van der Waals surface area (Å²) in [7, 11) is 0. The highest BCUT2D eigenvalue weighted by Gasteiger charge is 2.22. The van der Waals surface area contributed by atoms with Crippen molar-refractivity contribution < 1.29 is 4.42 Å². The van der Waals surface area contributed by atoms with Crippen LogP contribution in [0, 0.1) is 0 Å². The predicted molar refractivity (Wildman–Crippen MR) is 215 cm³/mol. The van der Waals surface area contributed by atoms with Crippen molar-refractivity contribution in [2.45, 2.75) is 6.92 Å². The summed E-state index contributed by atoms with van der Waals surface area (Å²) in [4.78, 5) is 0. The van der Waals surface area contributed by atoms with E-state index >= 15 is 0 Å². The zero-order chi connectivity index (χ0) is 34.1. The third kappa shape index (κ3) is 4.40. The Morgan fingerprint density at radius 3 is 1.71 bits per heavy atom. The Morgan fingerprint density at radius 1 is 0.471 bits per heavy atom. The highest BCUT2D eigenvalue weighted by atomic mass is 16.3. The summed E-state index contributed by atoms with van der Waals surface area (Å²) in [5, 5.41) is 5.72. The molecule has 0 saturated heterocycles. The van der Waals surface area contributed by atoms with Crippen molar-refractivity contribution in [3.05, 3.63) is 170 Å². The van der Waals surface area contributed by atoms with Gasteiger partial charge in [-0.2, -0.15) is 0 Å². The maximum absolute atomic E-state index is 6.67. The number of nitrogens with two attached hydrogens (primary N) is 1. The van der Waals surface area contributed by atoms with Gasteiger partial charge in [0.1, 0.15) is 5.58 Å². The summed E-state index contributed by atoms with van der Waals surface area (Å²) in [6.45, 7) is 1.98. The largest absolute Gasteiger partial charge is 0.454 e. The SMILES string of the molecule is C/C=C\c1oc2c(-c3cc4c5ccccc5n(-c5ccccc5)c4cc3-c3ccc4c(c3)c3ccccc3n4-c3ccccc3)cccc2c1N. The van der Waals surface area contributed by atoms with Crippen molar-refractivity contribution in [1.29, 1.82) is 0 Å². The lowest BCUT2D eigenvalue weighted by Crippen LogP contribution is -1.95. The minimum absolute atomic E-state index is 0.656. The fourth-order valence-electron chi connectivity index (χ4n) is 7.97. The average Bonchev–Trinajstić information content (AvgIpc) is 3.81. The Morgan fingerprint density at radius 2 is 1.04 bits per heavy atom. The zero-order valence-corrected chi connectivity index (χ0v) is 28.0. The Kier molecular flexibility index (Phi) is 6.52. The molecule has 51 heavy (non-hydrogen) atoms. The normalized spacial score (nSPS) is 12.0. The number of hydrogen-bond donors (Lipinski definition) is 1. The Bertz CT molecular complexity index is 2980. The van der Waals surface area contributed by atoms with E-state index in [0.29, 0.717) is 11.4 Å². The summed E-state index contributed by atoms with van der Waals surface area (Å²) in [6.07, 6.45) is 3.90. The Labute approximate surface area is 294 Å². The van der Waals surface area contributed by atoms with Crippen molar-refractivity contribution >= 4 is 66.3 Å². The molecule has 0 unspecified atom stereocenters. The molecule has 0 saturated carbocycles. The highest BCUT2D eigenvalue weighted by Crippen LogP contribution is 2.45. The lowest BCUT2D eigenvalue weighted by atomic mass is 9.91. The fourth-order valence-corrected chi connectivity index (χ4v) is 7.97. The number of hydrogen-bond acceptors (Lipinski definition) is 2. The van der Waals surface area contributed by atoms with E-state index < -0.39 is 0 Å². The van der Waals surface area contributed by atoms with Crippen LogP contribution in [0.15, 0.2) is 168 Å². The van der Waals surface area contributed by atoms with Gasteiger partial charge in [-0.15, -0.1) is 0 Å². The van der Waals surface area contributed by atoms with Gasteiger partial charge < -0.3 is 19.3 Å². The van der Waals surface area contributed by atoms with Crippen LogP contribution < -0.4 is 5.73 Å². The van der Waals surface area contributed by atoms with E-state index in [1.54, 1.807) is 0 Å². The summed E-state index contributed by atoms with van der Waals surface area (Å²) in [5.41, 5.74) is 19.4. The van der Waals surface area contributed by atoms with E-state index in [1.807, 2.05) is 19.1 Å². The molecule has 10 aromatic rings. The molecule has 7 aromatic carbocycles. The van der Waals surface area contributed by atoms with Crippen LogP contribution in [0.2, 0.25) is 0 Å². The van der Waals surface area contributed by atoms with E-state index in [2.05, 4.69) is 167 Å². The lowest BCUT2D eigenvalue weighted by molar-refractivity contribution is 0.607. The molecular weight excluding hydrogens is 623 g/mol. The van der Waals surface area contributed by atoms with Crippen LogP contribution in [-0.2, 0) is 0 Å². The molecule has 0 spiro atoms. The first-order valence-corrected chi connectivity index (χ1v) is 17.4. The van der Waals surface area contributed by atoms with Gasteiger partial charge in [-0.3, -0.25) is 0 Å². The van der Waals surface area contributed by atoms with E-state index in [-0.39, 0.29) is 0 Å². The van der Waals surface area contributed by atoms with Gasteiger partial charge in [0.2, 0.25) is 0 Å². The molecule has 0 aliphatic heterocycles. The van der Waals surface area contributed by atoms with Crippen molar-refractivity contribution in [2.24, 2.45) is 0 Å². The third-order valence-electron chi connectivity index (χ3n) is 10.2. The van der Waals surface area contributed by atoms with Gasteiger partial charge in [-0.25, -0.2) is 0 Å². The molecule has 0 amide bonds. The Balaban J connectivity index is 1.33. The topological polar surface area (TPSA) is 49.0 Å². The molecule has 0 aliphatic carbocycles. The number of rotatable bonds is 5. The number of nitrogens with zero attached hydrogens (tertiary/aromatic N) is 2. The van der Waals surface area contributed by atoms with E-state index in [0.717, 1.165) is 50.1 Å². The van der Waals surface area contributed by atoms with Gasteiger partial charge in [0.15, 0.2) is 5.76 Å². The molecule has 242 valence electrons. The number of nitrogen functional groups attached to an aromatic ring is 1. The lowest BCUT2D eigenvalue weighted by Gasteiger charge is -2.14. The molecule has 2 N–H and O–H groups in total. The maximum Gasteiger partial charge on any atom is 0.150 e. The van der Waals surface area contributed by atoms with Crippen LogP contribution in [-0.4, -0.2) is 9.13 Å². The fraction of sp³-hybridized carbons (Fsp3) is 0.0213. The molecule has 0 radical (unpaired) electrons. The van der Waals surface area contributed by atoms with E-state index in [4.69, 9.17) is 10.2 Å². The number of allylic oxidation sites excluding steroid dienone is 1. The van der Waals surface area contributed by atoms with Gasteiger partial charge in [0.25, 0.3) is 0 Å². The second kappa shape index (κ2) is 11.4. The number of anilines is 1. The van der Waals surface area contributed by atoms with Gasteiger partial charge >= 0.3 is 0 Å². The summed E-state index contributed by atoms with van der Waals surface area (Å²) >= 11 is 0. The van der Waals surface area contributed by atoms with Crippen LogP contribution in [0.25, 0.3) is 94.3 Å². The van der Waals surface area contributed by atoms with E-state index in [1.165, 1.54) is 38.1 Å². The van der Waals surface area contributed by atoms with Crippen LogP contribution >= 0.6 is 0 Å². The van der Waals surface area contributed by atoms with Crippen LogP contribution in [0.3, 0.4) is 0 Å². The van der Waals surface area contributed by atoms with Crippen LogP contribution in [0.4, 0.5) is 5.69 Å². The number of benzene rings is 7. The average molecular weight is 656 g/mol. The van der Waals surface area contributed by atoms with Crippen molar-refractivity contribution in [1.82, 2.24) is 9.13 Å². The van der Waals surface area contributed by atoms with Crippen molar-refractivity contribution in [3.8, 4) is 33.6 Å². The minimum atomic E-state index is 0.656. The smallest absolute Gasteiger partial charge is 0.150 e. The standard InChI is InChI=1S/C47H33N3O/c1-2-14-45-46(48)36-22-13-21-35(47(36)51-45)38-28-40-34-20-10-12-24-42(34)50(32-17-7-4-8-18-32)44(40)29-37(38)30-25-26-43-39(27-30)33-19-9-11-23-41(33)49(43)31-15-5-3-6-16-31/h2-29H,48H2,1H3/b14-2-. The number of furan rings is 1. The molecule has 0 aliphatic rings. The summed E-state index contributed by atoms with van der Waals surface area (Å²) in [5.74, 6) is 0.679. The quantitative estimate of drug-likeness (QED) is 0.201. The zero-order valence-electron chi connectivity index (χ0n) is 28.0. The molecule has 4 nitrogen and oxygen atoms in total. The molecule has 0 fully saturated rings. The first kappa shape index (κ1) is 29.2. The highest BCUT2D eigenvalue weighted by molar-refractivity contribution is 6.15. The minimum Gasteiger partial charge on any atom is -0.454 e. The maximum atomic E-state index is 6.67. The van der Waals surface area contributed by atoms with Gasteiger partial charge in [-0.1, -0.05) is 97.1 Å². The van der Waals surface area contributed by atoms with Crippen molar-refractivity contribution in [3.63, 3.8) is 0 Å². The monoisotopic (exact) mass is 655 g/mol. The van der Waals surface area contributed by atoms with Gasteiger partial charge in [-0.05, 0) is 96.4 Å². The van der Waals surface area contributed by atoms with Crippen LogP contribution in [0.1, 0.15) is 12.7 Å². The first-order chi connectivity index (χ1) is 25.2. The first-order valence-electron chi connectivity index (χ1n) is 17.4. The van der Waals surface area contributed by atoms with Crippen LogP contribution in [0.5, 0.6) is 0 Å². The van der Waals surface area contributed by atoms with Crippen molar-refractivity contribution in [2.75, 3.05) is 5.73 Å². The predicted octanol–water partition coefficient (Wildman–Crippen LogP) is 12.6. The molecule has 3 heterocycles. The summed E-state index contributed by atoms with van der Waals surface area (Å²) in [6, 6.07) is 56.5. The number of aromatic nitrogens is 2. The molecule has 0 atom stereocenters. The second-order valence-electron chi connectivity index (χ2n) is 13.1. The molecular formula is C47H33N3O. The van der Waals surface area contributed by atoms with E-state index in [9.17, 15) is 0 Å². The molecule has 4 heteroatoms. The molecule has 0 bridgehead atoms. The Hall–Kier alpha value is -6.78. The van der Waals surface area contributed by atoms with Gasteiger partial charge in [0, 0.05) is 43.9 Å². The number of para-hydroxylation sites is 5. The summed E-state index contributed by atoms with van der Waals surface area (Å²) < 4.78 is 11.3. The third-order valence-corrected chi connectivity index (χ3v) is 10.2. The second-order valence-corrected chi connectivity index (χ2v) is 13.1. The molecule has 3 aromatic heterocycles. The van der Waals surface area contributed by atoms with Gasteiger partial charge in [0.05, 0.1) is 27.8 Å².